The third-order valence-corrected chi connectivity index (χ3v) is 5.40. The van der Waals surface area contributed by atoms with Gasteiger partial charge in [0.05, 0.1) is 18.3 Å². The molecule has 1 aromatic carbocycles. The highest BCUT2D eigenvalue weighted by atomic mass is 19.1. The smallest absolute Gasteiger partial charge is 0.341 e. The van der Waals surface area contributed by atoms with E-state index < -0.39 is 17.2 Å². The van der Waals surface area contributed by atoms with E-state index >= 15 is 0 Å². The maximum Gasteiger partial charge on any atom is 0.341 e. The lowest BCUT2D eigenvalue weighted by Gasteiger charge is -2.35. The van der Waals surface area contributed by atoms with Crippen LogP contribution in [0.2, 0.25) is 0 Å². The first kappa shape index (κ1) is 19.3. The summed E-state index contributed by atoms with van der Waals surface area (Å²) in [4.78, 5) is 32.8. The van der Waals surface area contributed by atoms with Gasteiger partial charge in [-0.25, -0.2) is 9.18 Å². The summed E-state index contributed by atoms with van der Waals surface area (Å²) < 4.78 is 16.7. The number of aromatic nitrogens is 1. The first-order valence-corrected chi connectivity index (χ1v) is 9.55. The van der Waals surface area contributed by atoms with Crippen molar-refractivity contribution in [2.75, 3.05) is 38.2 Å². The summed E-state index contributed by atoms with van der Waals surface area (Å²) in [6.45, 7) is 2.68. The van der Waals surface area contributed by atoms with E-state index in [2.05, 4.69) is 10.4 Å². The summed E-state index contributed by atoms with van der Waals surface area (Å²) in [6, 6.07) is 3.03. The summed E-state index contributed by atoms with van der Waals surface area (Å²) in [7, 11) is 1.53. The third-order valence-electron chi connectivity index (χ3n) is 5.40. The molecule has 1 aliphatic carbocycles. The molecule has 9 heteroatoms. The van der Waals surface area contributed by atoms with Crippen molar-refractivity contribution in [3.63, 3.8) is 0 Å². The minimum absolute atomic E-state index is 0.116. The Morgan fingerprint density at radius 3 is 2.62 bits per heavy atom. The molecule has 2 heterocycles. The first-order chi connectivity index (χ1) is 14.0. The van der Waals surface area contributed by atoms with Crippen LogP contribution in [-0.2, 0) is 4.84 Å². The van der Waals surface area contributed by atoms with Crippen LogP contribution in [0.4, 0.5) is 10.1 Å². The molecule has 0 spiro atoms. The maximum atomic E-state index is 14.9. The molecule has 0 bridgehead atoms. The molecule has 0 amide bonds. The fourth-order valence-electron chi connectivity index (χ4n) is 3.72. The Balaban J connectivity index is 1.67. The minimum Gasteiger partial charge on any atom is -0.477 e. The Kier molecular flexibility index (Phi) is 5.14. The van der Waals surface area contributed by atoms with Crippen LogP contribution >= 0.6 is 0 Å². The Morgan fingerprint density at radius 1 is 1.28 bits per heavy atom. The van der Waals surface area contributed by atoms with Gasteiger partial charge in [-0.2, -0.15) is 0 Å². The molecule has 1 aromatic heterocycles. The molecule has 1 saturated heterocycles. The van der Waals surface area contributed by atoms with Gasteiger partial charge >= 0.3 is 5.97 Å². The van der Waals surface area contributed by atoms with Gasteiger partial charge in [-0.05, 0) is 25.0 Å². The average Bonchev–Trinajstić information content (AvgIpc) is 3.54. The lowest BCUT2D eigenvalue weighted by molar-refractivity contribution is 0.0695. The molecule has 154 valence electrons. The van der Waals surface area contributed by atoms with E-state index in [9.17, 15) is 19.1 Å². The highest BCUT2D eigenvalue weighted by Gasteiger charge is 2.28. The Bertz CT molecular complexity index is 1020. The molecule has 2 aliphatic rings. The number of carbonyl (C=O) groups is 1. The largest absolute Gasteiger partial charge is 0.477 e. The molecule has 0 unspecified atom stereocenters. The van der Waals surface area contributed by atoms with E-state index in [0.29, 0.717) is 37.4 Å². The fraction of sp³-hybridized carbons (Fsp3) is 0.400. The lowest BCUT2D eigenvalue weighted by atomic mass is 10.1. The van der Waals surface area contributed by atoms with Crippen molar-refractivity contribution in [2.24, 2.45) is 0 Å². The number of carboxylic acid groups (broad SMARTS) is 1. The van der Waals surface area contributed by atoms with Gasteiger partial charge in [-0.3, -0.25) is 15.1 Å². The molecule has 1 saturated carbocycles. The number of pyridine rings is 1. The minimum atomic E-state index is -1.29. The second kappa shape index (κ2) is 7.75. The SMILES string of the molecule is CONC=CN1CCN(c2cc3c(cc2F)c(=O)c(C(=O)O)cn3C2CC2)CC1. The predicted octanol–water partition coefficient (Wildman–Crippen LogP) is 1.92. The van der Waals surface area contributed by atoms with E-state index in [-0.39, 0.29) is 17.0 Å². The van der Waals surface area contributed by atoms with E-state index in [0.717, 1.165) is 12.8 Å². The number of anilines is 1. The summed E-state index contributed by atoms with van der Waals surface area (Å²) in [5.41, 5.74) is 2.70. The zero-order chi connectivity index (χ0) is 20.5. The van der Waals surface area contributed by atoms with Gasteiger partial charge in [0.15, 0.2) is 0 Å². The summed E-state index contributed by atoms with van der Waals surface area (Å²) in [5.74, 6) is -1.80. The molecular formula is C20H23FN4O4. The van der Waals surface area contributed by atoms with Crippen molar-refractivity contribution in [3.05, 3.63) is 52.3 Å². The van der Waals surface area contributed by atoms with E-state index in [1.165, 1.54) is 19.4 Å². The number of benzene rings is 1. The van der Waals surface area contributed by atoms with Crippen LogP contribution in [0.15, 0.2) is 35.5 Å². The van der Waals surface area contributed by atoms with Crippen LogP contribution in [-0.4, -0.2) is 53.8 Å². The quantitative estimate of drug-likeness (QED) is 0.714. The van der Waals surface area contributed by atoms with E-state index in [1.807, 2.05) is 15.7 Å². The van der Waals surface area contributed by atoms with Crippen LogP contribution in [0.1, 0.15) is 29.2 Å². The number of aromatic carboxylic acids is 1. The molecule has 2 aromatic rings. The maximum absolute atomic E-state index is 14.9. The number of nitrogens with zero attached hydrogens (tertiary/aromatic N) is 3. The number of halogens is 1. The van der Waals surface area contributed by atoms with Crippen LogP contribution in [0, 0.1) is 5.82 Å². The summed E-state index contributed by atoms with van der Waals surface area (Å²) in [5, 5.41) is 9.46. The number of carboxylic acids is 1. The third kappa shape index (κ3) is 3.77. The highest BCUT2D eigenvalue weighted by molar-refractivity contribution is 5.93. The van der Waals surface area contributed by atoms with Crippen molar-refractivity contribution in [1.82, 2.24) is 14.9 Å². The number of hydrogen-bond donors (Lipinski definition) is 2. The number of fused-ring (bicyclic) bond motifs is 1. The van der Waals surface area contributed by atoms with Crippen molar-refractivity contribution >= 4 is 22.6 Å². The normalized spacial score (nSPS) is 17.3. The van der Waals surface area contributed by atoms with E-state index in [1.54, 1.807) is 12.3 Å². The number of hydroxylamine groups is 1. The first-order valence-electron chi connectivity index (χ1n) is 9.55. The molecule has 0 radical (unpaired) electrons. The Labute approximate surface area is 166 Å². The molecule has 2 N–H and O–H groups in total. The van der Waals surface area contributed by atoms with Crippen LogP contribution in [0.3, 0.4) is 0 Å². The van der Waals surface area contributed by atoms with Crippen molar-refractivity contribution in [1.29, 1.82) is 0 Å². The van der Waals surface area contributed by atoms with Crippen molar-refractivity contribution < 1.29 is 19.1 Å². The Morgan fingerprint density at radius 2 is 2.00 bits per heavy atom. The highest BCUT2D eigenvalue weighted by Crippen LogP contribution is 2.38. The number of rotatable bonds is 6. The van der Waals surface area contributed by atoms with Crippen molar-refractivity contribution in [3.8, 4) is 0 Å². The number of hydrogen-bond acceptors (Lipinski definition) is 6. The van der Waals surface area contributed by atoms with E-state index in [4.69, 9.17) is 4.84 Å². The van der Waals surface area contributed by atoms with Gasteiger partial charge in [0.1, 0.15) is 11.4 Å². The Hall–Kier alpha value is -3.07. The average molecular weight is 402 g/mol. The van der Waals surface area contributed by atoms with Gasteiger partial charge < -0.3 is 19.5 Å². The second-order valence-corrected chi connectivity index (χ2v) is 7.30. The van der Waals surface area contributed by atoms with Gasteiger partial charge in [-0.15, -0.1) is 0 Å². The van der Waals surface area contributed by atoms with Gasteiger partial charge in [0.25, 0.3) is 0 Å². The molecule has 2 fully saturated rings. The summed E-state index contributed by atoms with van der Waals surface area (Å²) >= 11 is 0. The zero-order valence-corrected chi connectivity index (χ0v) is 16.1. The molecule has 0 atom stereocenters. The molecule has 8 nitrogen and oxygen atoms in total. The molecule has 4 rings (SSSR count). The molecule has 1 aliphatic heterocycles. The summed E-state index contributed by atoms with van der Waals surface area (Å²) in [6.07, 6.45) is 6.82. The number of nitrogens with one attached hydrogen (secondary N) is 1. The number of piperazine rings is 1. The van der Waals surface area contributed by atoms with Gasteiger partial charge in [0, 0.05) is 56.2 Å². The van der Waals surface area contributed by atoms with Crippen LogP contribution in [0.5, 0.6) is 0 Å². The zero-order valence-electron chi connectivity index (χ0n) is 16.1. The monoisotopic (exact) mass is 402 g/mol. The molecule has 29 heavy (non-hydrogen) atoms. The van der Waals surface area contributed by atoms with Gasteiger partial charge in [0.2, 0.25) is 5.43 Å². The standard InChI is InChI=1S/C20H23FN4O4/c1-29-22-4-5-23-6-8-24(9-7-23)18-11-17-14(10-16(18)21)19(26)15(20(27)28)12-25(17)13-2-3-13/h4-5,10-13,22H,2-3,6-9H2,1H3,(H,27,28). The topological polar surface area (TPSA) is 87.0 Å². The fourth-order valence-corrected chi connectivity index (χ4v) is 3.72. The van der Waals surface area contributed by atoms with Crippen molar-refractivity contribution in [2.45, 2.75) is 18.9 Å². The molecular weight excluding hydrogens is 379 g/mol. The second-order valence-electron chi connectivity index (χ2n) is 7.30. The van der Waals surface area contributed by atoms with Crippen LogP contribution < -0.4 is 15.8 Å². The lowest BCUT2D eigenvalue weighted by Crippen LogP contribution is -2.44. The predicted molar refractivity (Wildman–Crippen MR) is 106 cm³/mol. The van der Waals surface area contributed by atoms with Gasteiger partial charge in [-0.1, -0.05) is 0 Å². The van der Waals surface area contributed by atoms with Crippen LogP contribution in [0.25, 0.3) is 10.9 Å².